The minimum Gasteiger partial charge on any atom is -0.497 e. The fourth-order valence-electron chi connectivity index (χ4n) is 1.57. The summed E-state index contributed by atoms with van der Waals surface area (Å²) in [7, 11) is 3.08. The number of nitrogens with one attached hydrogen (secondary N) is 1. The average Bonchev–Trinajstić information content (AvgIpc) is 2.47. The molecule has 0 fully saturated rings. The van der Waals surface area contributed by atoms with E-state index in [-0.39, 0.29) is 5.91 Å². The van der Waals surface area contributed by atoms with Crippen LogP contribution in [0.2, 0.25) is 0 Å². The van der Waals surface area contributed by atoms with E-state index in [4.69, 9.17) is 9.47 Å². The summed E-state index contributed by atoms with van der Waals surface area (Å²) in [6, 6.07) is 10.4. The monoisotopic (exact) mass is 258 g/mol. The normalized spacial score (nSPS) is 9.79. The van der Waals surface area contributed by atoms with Crippen molar-refractivity contribution in [2.45, 2.75) is 0 Å². The number of anilines is 1. The zero-order chi connectivity index (χ0) is 13.7. The molecule has 0 spiro atoms. The third-order valence-corrected chi connectivity index (χ3v) is 2.53. The van der Waals surface area contributed by atoms with Gasteiger partial charge in [0.2, 0.25) is 5.88 Å². The van der Waals surface area contributed by atoms with Gasteiger partial charge in [-0.25, -0.2) is 4.98 Å². The van der Waals surface area contributed by atoms with Crippen LogP contribution in [0.5, 0.6) is 11.6 Å². The Bertz CT molecular complexity index is 584. The molecule has 0 aliphatic carbocycles. The lowest BCUT2D eigenvalue weighted by Gasteiger charge is -2.07. The molecule has 0 bridgehead atoms. The number of rotatable bonds is 4. The molecule has 5 nitrogen and oxygen atoms in total. The molecule has 1 amide bonds. The number of hydrogen-bond donors (Lipinski definition) is 1. The summed E-state index contributed by atoms with van der Waals surface area (Å²) in [6.07, 6.45) is 1.53. The van der Waals surface area contributed by atoms with Crippen LogP contribution in [-0.2, 0) is 0 Å². The van der Waals surface area contributed by atoms with Crippen molar-refractivity contribution < 1.29 is 14.3 Å². The van der Waals surface area contributed by atoms with Gasteiger partial charge in [-0.1, -0.05) is 6.07 Å². The average molecular weight is 258 g/mol. The van der Waals surface area contributed by atoms with Gasteiger partial charge in [0, 0.05) is 29.6 Å². The summed E-state index contributed by atoms with van der Waals surface area (Å²) in [4.78, 5) is 16.0. The van der Waals surface area contributed by atoms with Crippen LogP contribution < -0.4 is 14.8 Å². The summed E-state index contributed by atoms with van der Waals surface area (Å²) in [5.74, 6) is 0.859. The van der Waals surface area contributed by atoms with Gasteiger partial charge in [-0.15, -0.1) is 0 Å². The minimum absolute atomic E-state index is 0.228. The molecule has 0 unspecified atom stereocenters. The first-order chi connectivity index (χ1) is 9.22. The third kappa shape index (κ3) is 3.22. The highest BCUT2D eigenvalue weighted by molar-refractivity contribution is 6.04. The first-order valence-corrected chi connectivity index (χ1v) is 5.68. The fraction of sp³-hybridized carbons (Fsp3) is 0.143. The predicted octanol–water partition coefficient (Wildman–Crippen LogP) is 2.35. The third-order valence-electron chi connectivity index (χ3n) is 2.53. The van der Waals surface area contributed by atoms with Gasteiger partial charge in [0.05, 0.1) is 14.2 Å². The maximum Gasteiger partial charge on any atom is 0.255 e. The first-order valence-electron chi connectivity index (χ1n) is 5.68. The topological polar surface area (TPSA) is 60.5 Å². The molecule has 2 aromatic rings. The summed E-state index contributed by atoms with van der Waals surface area (Å²) < 4.78 is 10.1. The smallest absolute Gasteiger partial charge is 0.255 e. The molecule has 0 saturated heterocycles. The lowest BCUT2D eigenvalue weighted by molar-refractivity contribution is 0.102. The molecule has 98 valence electrons. The molecule has 5 heteroatoms. The van der Waals surface area contributed by atoms with Crippen LogP contribution in [0, 0.1) is 0 Å². The molecule has 19 heavy (non-hydrogen) atoms. The molecular weight excluding hydrogens is 244 g/mol. The number of nitrogens with zero attached hydrogens (tertiary/aromatic N) is 1. The number of ether oxygens (including phenoxy) is 2. The van der Waals surface area contributed by atoms with Crippen molar-refractivity contribution in [1.82, 2.24) is 4.98 Å². The van der Waals surface area contributed by atoms with Gasteiger partial charge in [0.15, 0.2) is 0 Å². The molecule has 1 N–H and O–H groups in total. The summed E-state index contributed by atoms with van der Waals surface area (Å²) in [5.41, 5.74) is 1.15. The quantitative estimate of drug-likeness (QED) is 0.914. The van der Waals surface area contributed by atoms with E-state index in [2.05, 4.69) is 10.3 Å². The van der Waals surface area contributed by atoms with E-state index in [1.54, 1.807) is 31.4 Å². The summed E-state index contributed by atoms with van der Waals surface area (Å²) >= 11 is 0. The van der Waals surface area contributed by atoms with Gasteiger partial charge in [-0.2, -0.15) is 0 Å². The van der Waals surface area contributed by atoms with Crippen LogP contribution in [0.1, 0.15) is 10.4 Å². The highest BCUT2D eigenvalue weighted by atomic mass is 16.5. The predicted molar refractivity (Wildman–Crippen MR) is 71.7 cm³/mol. The van der Waals surface area contributed by atoms with Crippen LogP contribution in [0.15, 0.2) is 42.6 Å². The Labute approximate surface area is 111 Å². The van der Waals surface area contributed by atoms with E-state index in [0.717, 1.165) is 0 Å². The van der Waals surface area contributed by atoms with Crippen LogP contribution >= 0.6 is 0 Å². The van der Waals surface area contributed by atoms with Crippen LogP contribution in [0.25, 0.3) is 0 Å². The summed E-state index contributed by atoms with van der Waals surface area (Å²) in [6.45, 7) is 0. The van der Waals surface area contributed by atoms with E-state index >= 15 is 0 Å². The molecule has 0 saturated carbocycles. The van der Waals surface area contributed by atoms with Gasteiger partial charge in [0.25, 0.3) is 5.91 Å². The number of amides is 1. The van der Waals surface area contributed by atoms with E-state index in [0.29, 0.717) is 22.9 Å². The number of methoxy groups -OCH3 is 2. The number of hydrogen-bond acceptors (Lipinski definition) is 4. The molecule has 0 aliphatic rings. The highest BCUT2D eigenvalue weighted by Crippen LogP contribution is 2.18. The van der Waals surface area contributed by atoms with Gasteiger partial charge < -0.3 is 14.8 Å². The lowest BCUT2D eigenvalue weighted by Crippen LogP contribution is -2.12. The number of pyridine rings is 1. The van der Waals surface area contributed by atoms with Crippen molar-refractivity contribution in [3.63, 3.8) is 0 Å². The Morgan fingerprint density at radius 2 is 2.00 bits per heavy atom. The molecule has 1 aromatic heterocycles. The molecule has 1 heterocycles. The number of aromatic nitrogens is 1. The number of carbonyl (C=O) groups excluding carboxylic acids is 1. The van der Waals surface area contributed by atoms with Gasteiger partial charge >= 0.3 is 0 Å². The SMILES string of the molecule is COc1cccc(NC(=O)c2ccnc(OC)c2)c1. The van der Waals surface area contributed by atoms with Crippen molar-refractivity contribution in [1.29, 1.82) is 0 Å². The largest absolute Gasteiger partial charge is 0.497 e. The molecule has 0 atom stereocenters. The molecule has 1 aromatic carbocycles. The van der Waals surface area contributed by atoms with Crippen LogP contribution in [0.3, 0.4) is 0 Å². The second-order valence-corrected chi connectivity index (χ2v) is 3.77. The summed E-state index contributed by atoms with van der Waals surface area (Å²) in [5, 5.41) is 2.78. The number of carbonyl (C=O) groups is 1. The first kappa shape index (κ1) is 12.9. The van der Waals surface area contributed by atoms with Crippen molar-refractivity contribution in [3.05, 3.63) is 48.2 Å². The Hall–Kier alpha value is -2.56. The number of benzene rings is 1. The van der Waals surface area contributed by atoms with Crippen molar-refractivity contribution >= 4 is 11.6 Å². The zero-order valence-electron chi connectivity index (χ0n) is 10.7. The maximum atomic E-state index is 12.0. The van der Waals surface area contributed by atoms with Gasteiger partial charge in [0.1, 0.15) is 5.75 Å². The Morgan fingerprint density at radius 1 is 1.16 bits per heavy atom. The van der Waals surface area contributed by atoms with Gasteiger partial charge in [-0.3, -0.25) is 4.79 Å². The molecule has 0 aliphatic heterocycles. The Kier molecular flexibility index (Phi) is 3.97. The maximum absolute atomic E-state index is 12.0. The highest BCUT2D eigenvalue weighted by Gasteiger charge is 2.08. The second kappa shape index (κ2) is 5.86. The molecule has 2 rings (SSSR count). The van der Waals surface area contributed by atoms with E-state index in [9.17, 15) is 4.79 Å². The van der Waals surface area contributed by atoms with Crippen molar-refractivity contribution in [2.75, 3.05) is 19.5 Å². The minimum atomic E-state index is -0.228. The Morgan fingerprint density at radius 3 is 2.74 bits per heavy atom. The zero-order valence-corrected chi connectivity index (χ0v) is 10.7. The second-order valence-electron chi connectivity index (χ2n) is 3.77. The van der Waals surface area contributed by atoms with Crippen LogP contribution in [0.4, 0.5) is 5.69 Å². The Balaban J connectivity index is 2.15. The van der Waals surface area contributed by atoms with Crippen molar-refractivity contribution in [3.8, 4) is 11.6 Å². The van der Waals surface area contributed by atoms with Crippen LogP contribution in [-0.4, -0.2) is 25.1 Å². The lowest BCUT2D eigenvalue weighted by atomic mass is 10.2. The molecule has 0 radical (unpaired) electrons. The standard InChI is InChI=1S/C14H14N2O3/c1-18-12-5-3-4-11(9-12)16-14(17)10-6-7-15-13(8-10)19-2/h3-9H,1-2H3,(H,16,17). The van der Waals surface area contributed by atoms with E-state index in [1.807, 2.05) is 12.1 Å². The van der Waals surface area contributed by atoms with E-state index in [1.165, 1.54) is 13.3 Å². The van der Waals surface area contributed by atoms with Gasteiger partial charge in [-0.05, 0) is 18.2 Å². The molecular formula is C14H14N2O3. The van der Waals surface area contributed by atoms with Crippen molar-refractivity contribution in [2.24, 2.45) is 0 Å². The van der Waals surface area contributed by atoms with E-state index < -0.39 is 0 Å². The fourth-order valence-corrected chi connectivity index (χ4v) is 1.57.